The number of benzene rings is 4. The van der Waals surface area contributed by atoms with E-state index in [0.717, 1.165) is 29.1 Å². The molecule has 2 heterocycles. The molecular weight excluding hydrogens is 744 g/mol. The summed E-state index contributed by atoms with van der Waals surface area (Å²) in [5.41, 5.74) is 6.68. The fraction of sp³-hybridized carbons (Fsp3) is 0.105. The Balaban J connectivity index is 0.00000384. The molecule has 0 aliphatic carbocycles. The van der Waals surface area contributed by atoms with Crippen molar-refractivity contribution < 1.29 is 29.5 Å². The van der Waals surface area contributed by atoms with Gasteiger partial charge in [0, 0.05) is 16.8 Å². The first-order chi connectivity index (χ1) is 20.8. The van der Waals surface area contributed by atoms with Crippen LogP contribution in [0.3, 0.4) is 0 Å². The second-order valence-corrected chi connectivity index (χ2v) is 12.9. The van der Waals surface area contributed by atoms with Crippen molar-refractivity contribution in [3.05, 3.63) is 168 Å². The predicted molar refractivity (Wildman–Crippen MR) is 170 cm³/mol. The first-order valence-electron chi connectivity index (χ1n) is 14.1. The van der Waals surface area contributed by atoms with Crippen molar-refractivity contribution in [3.8, 4) is 22.5 Å². The zero-order chi connectivity index (χ0) is 29.9. The number of nitrogens with zero attached hydrogens (tertiary/aromatic N) is 2. The van der Waals surface area contributed by atoms with E-state index in [1.807, 2.05) is 48.5 Å². The molecule has 2 aromatic heterocycles. The van der Waals surface area contributed by atoms with E-state index in [4.69, 9.17) is 9.97 Å². The molecule has 220 valence electrons. The van der Waals surface area contributed by atoms with Crippen LogP contribution in [-0.4, -0.2) is 18.4 Å². The monoisotopic (exact) mass is 773 g/mol. The minimum absolute atomic E-state index is 0. The van der Waals surface area contributed by atoms with Crippen molar-refractivity contribution in [1.29, 1.82) is 0 Å². The van der Waals surface area contributed by atoms with Gasteiger partial charge in [0.2, 0.25) is 0 Å². The van der Waals surface area contributed by atoms with E-state index in [9.17, 15) is 8.42 Å². The van der Waals surface area contributed by atoms with Crippen LogP contribution in [0.25, 0.3) is 22.5 Å². The Hall–Kier alpha value is -4.18. The molecule has 4 aromatic carbocycles. The zero-order valence-corrected chi connectivity index (χ0v) is 27.4. The molecule has 0 amide bonds. The molecule has 0 fully saturated rings. The summed E-state index contributed by atoms with van der Waals surface area (Å²) in [6, 6.07) is 48.3. The Morgan fingerprint density at radius 3 is 1.75 bits per heavy atom. The normalized spacial score (nSPS) is 11.5. The maximum atomic E-state index is 13.2. The van der Waals surface area contributed by atoms with Crippen molar-refractivity contribution in [2.45, 2.75) is 35.5 Å². The Morgan fingerprint density at radius 1 is 0.591 bits per heavy atom. The number of hydrogen-bond donors (Lipinski definition) is 0. The maximum absolute atomic E-state index is 13.2. The Morgan fingerprint density at radius 2 is 1.14 bits per heavy atom. The van der Waals surface area contributed by atoms with Gasteiger partial charge in [-0.05, 0) is 66.4 Å². The molecule has 0 atom stereocenters. The van der Waals surface area contributed by atoms with Crippen molar-refractivity contribution in [2.24, 2.45) is 0 Å². The van der Waals surface area contributed by atoms with Crippen LogP contribution in [-0.2, 0) is 42.7 Å². The minimum Gasteiger partial charge on any atom is -0.300 e. The third kappa shape index (κ3) is 6.65. The summed E-state index contributed by atoms with van der Waals surface area (Å²) >= 11 is 0. The van der Waals surface area contributed by atoms with Crippen molar-refractivity contribution in [2.75, 3.05) is 0 Å². The Labute approximate surface area is 274 Å². The first kappa shape index (κ1) is 31.2. The molecule has 0 radical (unpaired) electrons. The first-order valence-corrected chi connectivity index (χ1v) is 15.6. The standard InChI is InChI=1S/C38H30N2O2S.Pt/c1-38(2,36-23-11-21-34(39-36)30-16-9-15-29(26-30)25-28-13-5-3-6-14-28)37-24-12-22-35(40-37)31-17-10-20-33(27-31)43(41,42)32-18-7-4-8-19-32;/h3-15,18-24,26-27H,25H2,1-2H3;/q-2;+2. The zero-order valence-electron chi connectivity index (χ0n) is 24.3. The number of aromatic nitrogens is 2. The van der Waals surface area contributed by atoms with Gasteiger partial charge in [0.15, 0.2) is 9.84 Å². The minimum atomic E-state index is -3.66. The summed E-state index contributed by atoms with van der Waals surface area (Å²) in [6.45, 7) is 4.20. The summed E-state index contributed by atoms with van der Waals surface area (Å²) < 4.78 is 26.5. The third-order valence-corrected chi connectivity index (χ3v) is 9.35. The fourth-order valence-corrected chi connectivity index (χ4v) is 6.40. The van der Waals surface area contributed by atoms with Gasteiger partial charge in [-0.25, -0.2) is 8.42 Å². The van der Waals surface area contributed by atoms with Crippen molar-refractivity contribution in [1.82, 2.24) is 9.97 Å². The number of hydrogen-bond acceptors (Lipinski definition) is 4. The molecule has 4 nitrogen and oxygen atoms in total. The van der Waals surface area contributed by atoms with Crippen LogP contribution in [0.15, 0.2) is 143 Å². The van der Waals surface area contributed by atoms with Gasteiger partial charge in [0.05, 0.1) is 4.90 Å². The van der Waals surface area contributed by atoms with Crippen LogP contribution in [0.4, 0.5) is 0 Å². The van der Waals surface area contributed by atoms with E-state index < -0.39 is 15.3 Å². The predicted octanol–water partition coefficient (Wildman–Crippen LogP) is 8.16. The number of pyridine rings is 2. The summed E-state index contributed by atoms with van der Waals surface area (Å²) in [5.74, 6) is 0. The molecular formula is C38H30N2O2PtS. The molecule has 0 aliphatic rings. The fourth-order valence-electron chi connectivity index (χ4n) is 5.10. The largest absolute Gasteiger partial charge is 2.00 e. The Kier molecular flexibility index (Phi) is 9.39. The summed E-state index contributed by atoms with van der Waals surface area (Å²) in [4.78, 5) is 10.5. The Bertz CT molecular complexity index is 1990. The molecule has 0 N–H and O–H groups in total. The molecule has 6 heteroatoms. The van der Waals surface area contributed by atoms with E-state index in [-0.39, 0.29) is 30.9 Å². The number of rotatable bonds is 8. The van der Waals surface area contributed by atoms with Gasteiger partial charge in [-0.15, -0.1) is 65.2 Å². The SMILES string of the molecule is CC(C)(c1cccc(-c2[c-]ccc(Cc3ccccc3)c2)n1)c1cccc(-c2[c-]ccc(S(=O)(=O)c3ccccc3)c2)n1.[Pt+2]. The van der Waals surface area contributed by atoms with Crippen LogP contribution in [0.2, 0.25) is 0 Å². The molecule has 6 aromatic rings. The molecule has 44 heavy (non-hydrogen) atoms. The van der Waals surface area contributed by atoms with Gasteiger partial charge in [0.25, 0.3) is 0 Å². The average Bonchev–Trinajstić information content (AvgIpc) is 3.06. The van der Waals surface area contributed by atoms with Gasteiger partial charge < -0.3 is 9.97 Å². The summed E-state index contributed by atoms with van der Waals surface area (Å²) in [6.07, 6.45) is 0.843. The van der Waals surface area contributed by atoms with Crippen LogP contribution in [0, 0.1) is 12.1 Å². The summed E-state index contributed by atoms with van der Waals surface area (Å²) in [5, 5.41) is 0. The quantitative estimate of drug-likeness (QED) is 0.147. The average molecular weight is 774 g/mol. The molecule has 0 unspecified atom stereocenters. The molecule has 0 saturated heterocycles. The van der Waals surface area contributed by atoms with Crippen LogP contribution in [0.5, 0.6) is 0 Å². The second-order valence-electron chi connectivity index (χ2n) is 11.0. The van der Waals surface area contributed by atoms with E-state index in [0.29, 0.717) is 11.3 Å². The van der Waals surface area contributed by atoms with E-state index in [2.05, 4.69) is 62.4 Å². The van der Waals surface area contributed by atoms with Crippen molar-refractivity contribution in [3.63, 3.8) is 0 Å². The number of sulfone groups is 1. The van der Waals surface area contributed by atoms with Gasteiger partial charge in [-0.1, -0.05) is 72.8 Å². The second kappa shape index (κ2) is 13.2. The molecule has 0 aliphatic heterocycles. The van der Waals surface area contributed by atoms with Gasteiger partial charge in [0.1, 0.15) is 0 Å². The summed E-state index contributed by atoms with van der Waals surface area (Å²) in [7, 11) is -3.66. The van der Waals surface area contributed by atoms with Gasteiger partial charge >= 0.3 is 21.1 Å². The van der Waals surface area contributed by atoms with Gasteiger partial charge in [-0.3, -0.25) is 0 Å². The third-order valence-electron chi connectivity index (χ3n) is 7.58. The van der Waals surface area contributed by atoms with Crippen LogP contribution < -0.4 is 0 Å². The van der Waals surface area contributed by atoms with Crippen LogP contribution in [0.1, 0.15) is 36.4 Å². The topological polar surface area (TPSA) is 59.9 Å². The van der Waals surface area contributed by atoms with E-state index in [1.54, 1.807) is 48.5 Å². The van der Waals surface area contributed by atoms with E-state index >= 15 is 0 Å². The molecule has 0 bridgehead atoms. The van der Waals surface area contributed by atoms with Crippen molar-refractivity contribution >= 4 is 9.84 Å². The van der Waals surface area contributed by atoms with E-state index in [1.165, 1.54) is 11.1 Å². The molecule has 0 saturated carbocycles. The van der Waals surface area contributed by atoms with Gasteiger partial charge in [-0.2, -0.15) is 0 Å². The molecule has 0 spiro atoms. The smallest absolute Gasteiger partial charge is 0.300 e. The maximum Gasteiger partial charge on any atom is 2.00 e. The van der Waals surface area contributed by atoms with Crippen LogP contribution >= 0.6 is 0 Å². The molecule has 6 rings (SSSR count).